The molecule has 0 saturated heterocycles. The van der Waals surface area contributed by atoms with Crippen LogP contribution in [0.2, 0.25) is 0 Å². The van der Waals surface area contributed by atoms with E-state index < -0.39 is 12.9 Å². The van der Waals surface area contributed by atoms with Gasteiger partial charge in [-0.2, -0.15) is 0 Å². The highest BCUT2D eigenvalue weighted by atomic mass is 16.1. The Balaban J connectivity index is 1.68. The van der Waals surface area contributed by atoms with Crippen molar-refractivity contribution < 1.29 is 4.11 Å². The molecule has 1 aromatic carbocycles. The number of pyridine rings is 1. The number of fused-ring (bicyclic) bond motifs is 1. The number of benzene rings is 1. The van der Waals surface area contributed by atoms with Crippen molar-refractivity contribution in [2.24, 2.45) is 12.9 Å². The molecule has 1 aromatic heterocycles. The van der Waals surface area contributed by atoms with E-state index in [-0.39, 0.29) is 12.6 Å². The van der Waals surface area contributed by atoms with Gasteiger partial charge in [-0.1, -0.05) is 6.07 Å². The van der Waals surface area contributed by atoms with Gasteiger partial charge in [-0.25, -0.2) is 0 Å². The predicted molar refractivity (Wildman–Crippen MR) is 107 cm³/mol. The normalized spacial score (nSPS) is 20.2. The van der Waals surface area contributed by atoms with Crippen molar-refractivity contribution in [2.75, 3.05) is 18.0 Å². The lowest BCUT2D eigenvalue weighted by atomic mass is 9.98. The maximum Gasteiger partial charge on any atom is 0.250 e. The van der Waals surface area contributed by atoms with Gasteiger partial charge in [0.15, 0.2) is 0 Å². The number of nitrogens with zero attached hydrogens (tertiary/aromatic N) is 3. The number of anilines is 2. The van der Waals surface area contributed by atoms with Crippen molar-refractivity contribution in [3.8, 4) is 0 Å². The van der Waals surface area contributed by atoms with Crippen LogP contribution in [0.15, 0.2) is 41.3 Å². The van der Waals surface area contributed by atoms with Gasteiger partial charge in [0, 0.05) is 54.8 Å². The van der Waals surface area contributed by atoms with Gasteiger partial charge < -0.3 is 9.47 Å². The smallest absolute Gasteiger partial charge is 0.250 e. The summed E-state index contributed by atoms with van der Waals surface area (Å²) in [4.78, 5) is 16.4. The highest BCUT2D eigenvalue weighted by Crippen LogP contribution is 2.34. The highest BCUT2D eigenvalue weighted by Gasteiger charge is 2.26. The molecule has 4 rings (SSSR count). The minimum absolute atomic E-state index is 0.152. The van der Waals surface area contributed by atoms with E-state index in [9.17, 15) is 4.79 Å². The fourth-order valence-corrected chi connectivity index (χ4v) is 3.85. The zero-order chi connectivity index (χ0) is 20.5. The number of aromatic nitrogens is 1. The van der Waals surface area contributed by atoms with Crippen LogP contribution in [0, 0.1) is 5.92 Å². The van der Waals surface area contributed by atoms with Crippen LogP contribution in [-0.2, 0) is 20.0 Å². The zero-order valence-electron chi connectivity index (χ0n) is 18.4. The first kappa shape index (κ1) is 14.0. The summed E-state index contributed by atoms with van der Waals surface area (Å²) in [6.45, 7) is 4.05. The quantitative estimate of drug-likeness (QED) is 0.820. The summed E-state index contributed by atoms with van der Waals surface area (Å²) in [5.41, 5.74) is 4.14. The van der Waals surface area contributed by atoms with Crippen molar-refractivity contribution >= 4 is 11.4 Å². The fraction of sp³-hybridized carbons (Fsp3) is 0.500. The third-order valence-electron chi connectivity index (χ3n) is 5.43. The summed E-state index contributed by atoms with van der Waals surface area (Å²) >= 11 is 0. The molecule has 1 fully saturated rings. The van der Waals surface area contributed by atoms with E-state index >= 15 is 0 Å². The Morgan fingerprint density at radius 3 is 2.85 bits per heavy atom. The molecule has 0 spiro atoms. The summed E-state index contributed by atoms with van der Waals surface area (Å²) in [6.07, 6.45) is 5.43. The Hall–Kier alpha value is -2.07. The van der Waals surface area contributed by atoms with E-state index in [2.05, 4.69) is 23.1 Å². The van der Waals surface area contributed by atoms with E-state index in [0.717, 1.165) is 36.8 Å². The van der Waals surface area contributed by atoms with Crippen molar-refractivity contribution in [1.82, 2.24) is 9.47 Å². The first-order valence-electron chi connectivity index (χ1n) is 11.3. The molecule has 2 aliphatic rings. The van der Waals surface area contributed by atoms with Gasteiger partial charge in [0.25, 0.3) is 0 Å². The third kappa shape index (κ3) is 3.56. The molecule has 1 aliphatic carbocycles. The van der Waals surface area contributed by atoms with Gasteiger partial charge in [-0.15, -0.1) is 0 Å². The van der Waals surface area contributed by atoms with Gasteiger partial charge in [0.05, 0.1) is 5.69 Å². The maximum atomic E-state index is 11.9. The fourth-order valence-electron chi connectivity index (χ4n) is 3.85. The van der Waals surface area contributed by atoms with Gasteiger partial charge in [0.1, 0.15) is 0 Å². The number of hydrogen-bond acceptors (Lipinski definition) is 3. The van der Waals surface area contributed by atoms with Crippen molar-refractivity contribution in [1.29, 1.82) is 0 Å². The molecule has 1 atom stereocenters. The van der Waals surface area contributed by atoms with Gasteiger partial charge in [-0.3, -0.25) is 9.69 Å². The van der Waals surface area contributed by atoms with Crippen molar-refractivity contribution in [3.05, 3.63) is 58.0 Å². The van der Waals surface area contributed by atoms with Crippen LogP contribution in [0.3, 0.4) is 0 Å². The first-order chi connectivity index (χ1) is 14.0. The van der Waals surface area contributed by atoms with E-state index in [1.165, 1.54) is 41.1 Å². The van der Waals surface area contributed by atoms with Gasteiger partial charge in [0.2, 0.25) is 5.56 Å². The highest BCUT2D eigenvalue weighted by molar-refractivity contribution is 5.64. The monoisotopic (exact) mass is 354 g/mol. The topological polar surface area (TPSA) is 28.5 Å². The lowest BCUT2D eigenvalue weighted by Gasteiger charge is -2.33. The lowest BCUT2D eigenvalue weighted by molar-refractivity contribution is 0.244. The first-order valence-corrected chi connectivity index (χ1v) is 9.44. The second kappa shape index (κ2) is 6.92. The number of hydrogen-bond donors (Lipinski definition) is 0. The van der Waals surface area contributed by atoms with E-state index in [0.29, 0.717) is 0 Å². The molecule has 2 aromatic rings. The molecule has 138 valence electrons. The molecule has 4 nitrogen and oxygen atoms in total. The molecule has 0 N–H and O–H groups in total. The standard InChI is InChI=1S/C22H29N3O/c1-16(2)25(21-8-9-22(26)23(3)15-21)20-7-6-18-10-11-24(13-17-4-5-17)14-19(18)12-20/h6-9,12,15-17H,4-5,10-11,13-14H2,1-3H3/i1D2,3D. The molecule has 1 unspecified atom stereocenters. The van der Waals surface area contributed by atoms with Crippen LogP contribution < -0.4 is 10.5 Å². The molecule has 26 heavy (non-hydrogen) atoms. The molecule has 1 aliphatic heterocycles. The van der Waals surface area contributed by atoms with Crippen LogP contribution in [0.25, 0.3) is 0 Å². The van der Waals surface area contributed by atoms with Crippen LogP contribution in [0.5, 0.6) is 0 Å². The Morgan fingerprint density at radius 2 is 2.08 bits per heavy atom. The second-order valence-electron chi connectivity index (χ2n) is 7.69. The SMILES string of the molecule is [2H]Cn1cc(N(c2ccc3c(c2)CN(CC2CC2)CC3)C(C)C([2H])[2H])ccc1=O. The molecule has 0 radical (unpaired) electrons. The summed E-state index contributed by atoms with van der Waals surface area (Å²) < 4.78 is 24.9. The molecule has 2 heterocycles. The minimum atomic E-state index is -1.05. The van der Waals surface area contributed by atoms with Crippen molar-refractivity contribution in [3.63, 3.8) is 0 Å². The Bertz CT molecular complexity index is 926. The molecular formula is C22H29N3O. The van der Waals surface area contributed by atoms with E-state index in [4.69, 9.17) is 4.11 Å². The van der Waals surface area contributed by atoms with Crippen LogP contribution in [0.4, 0.5) is 11.4 Å². The van der Waals surface area contributed by atoms with Crippen LogP contribution in [-0.4, -0.2) is 28.6 Å². The summed E-state index contributed by atoms with van der Waals surface area (Å²) in [7, 11) is -0.152. The molecule has 0 bridgehead atoms. The van der Waals surface area contributed by atoms with Crippen LogP contribution in [0.1, 0.15) is 41.9 Å². The molecular weight excluding hydrogens is 322 g/mol. The zero-order valence-corrected chi connectivity index (χ0v) is 15.4. The number of rotatable bonds is 5. The van der Waals surface area contributed by atoms with Gasteiger partial charge >= 0.3 is 0 Å². The Labute approximate surface area is 160 Å². The summed E-state index contributed by atoms with van der Waals surface area (Å²) in [6, 6.07) is 9.21. The molecule has 4 heteroatoms. The third-order valence-corrected chi connectivity index (χ3v) is 5.43. The summed E-state index contributed by atoms with van der Waals surface area (Å²) in [5.74, 6) is 0.870. The molecule has 1 saturated carbocycles. The Kier molecular flexibility index (Phi) is 3.74. The second-order valence-corrected chi connectivity index (χ2v) is 7.69. The van der Waals surface area contributed by atoms with Crippen molar-refractivity contribution in [2.45, 2.75) is 45.6 Å². The lowest BCUT2D eigenvalue weighted by Crippen LogP contribution is -2.33. The summed E-state index contributed by atoms with van der Waals surface area (Å²) in [5, 5.41) is 0. The maximum absolute atomic E-state index is 11.9. The largest absolute Gasteiger partial charge is 0.338 e. The van der Waals surface area contributed by atoms with Gasteiger partial charge in [-0.05, 0) is 68.3 Å². The number of aryl methyl sites for hydroxylation is 1. The van der Waals surface area contributed by atoms with E-state index in [1.807, 2.05) is 11.8 Å². The Morgan fingerprint density at radius 1 is 1.23 bits per heavy atom. The van der Waals surface area contributed by atoms with E-state index in [1.54, 1.807) is 12.3 Å². The average molecular weight is 355 g/mol. The minimum Gasteiger partial charge on any atom is -0.338 e. The average Bonchev–Trinajstić information content (AvgIpc) is 3.53. The predicted octanol–water partition coefficient (Wildman–Crippen LogP) is 3.70. The molecule has 0 amide bonds. The van der Waals surface area contributed by atoms with Crippen LogP contribution >= 0.6 is 0 Å².